The molecule has 2 heterocycles. The number of aliphatic hydroxyl groups is 1. The van der Waals surface area contributed by atoms with Gasteiger partial charge in [0.2, 0.25) is 0 Å². The van der Waals surface area contributed by atoms with Gasteiger partial charge in [0.25, 0.3) is 5.91 Å². The number of H-pyrrole nitrogens is 1. The fourth-order valence-electron chi connectivity index (χ4n) is 3.28. The fraction of sp³-hybridized carbons (Fsp3) is 0.444. The molecule has 0 bridgehead atoms. The van der Waals surface area contributed by atoms with E-state index in [4.69, 9.17) is 0 Å². The first-order chi connectivity index (χ1) is 12.2. The molecule has 1 aromatic carbocycles. The van der Waals surface area contributed by atoms with E-state index in [1.54, 1.807) is 23.1 Å². The van der Waals surface area contributed by atoms with Crippen molar-refractivity contribution in [1.82, 2.24) is 20.0 Å². The SMILES string of the molecule is CCC(CO)N1CCN(C(=O)c2cn[nH]c2-c2ccccc2F)CC1. The summed E-state index contributed by atoms with van der Waals surface area (Å²) >= 11 is 0. The zero-order valence-electron chi connectivity index (χ0n) is 14.3. The van der Waals surface area contributed by atoms with Crippen molar-refractivity contribution in [1.29, 1.82) is 0 Å². The molecule has 25 heavy (non-hydrogen) atoms. The molecule has 0 saturated carbocycles. The number of benzene rings is 1. The summed E-state index contributed by atoms with van der Waals surface area (Å²) < 4.78 is 14.1. The molecule has 3 rings (SSSR count). The highest BCUT2D eigenvalue weighted by atomic mass is 19.1. The van der Waals surface area contributed by atoms with Crippen LogP contribution in [0.25, 0.3) is 11.3 Å². The number of carbonyl (C=O) groups is 1. The number of amides is 1. The molecule has 2 aromatic rings. The molecule has 1 aromatic heterocycles. The predicted octanol–water partition coefficient (Wildman–Crippen LogP) is 1.74. The lowest BCUT2D eigenvalue weighted by molar-refractivity contribution is 0.0473. The van der Waals surface area contributed by atoms with Crippen LogP contribution in [0.2, 0.25) is 0 Å². The highest BCUT2D eigenvalue weighted by Gasteiger charge is 2.28. The first-order valence-corrected chi connectivity index (χ1v) is 8.58. The summed E-state index contributed by atoms with van der Waals surface area (Å²) in [7, 11) is 0. The van der Waals surface area contributed by atoms with E-state index in [1.807, 2.05) is 6.92 Å². The zero-order valence-corrected chi connectivity index (χ0v) is 14.3. The Hall–Kier alpha value is -2.25. The summed E-state index contributed by atoms with van der Waals surface area (Å²) in [5.74, 6) is -0.539. The quantitative estimate of drug-likeness (QED) is 0.865. The van der Waals surface area contributed by atoms with E-state index >= 15 is 0 Å². The average Bonchev–Trinajstić information content (AvgIpc) is 3.12. The number of hydrogen-bond acceptors (Lipinski definition) is 4. The Kier molecular flexibility index (Phi) is 5.45. The minimum atomic E-state index is -0.389. The van der Waals surface area contributed by atoms with Crippen molar-refractivity contribution in [2.75, 3.05) is 32.8 Å². The third-order valence-corrected chi connectivity index (χ3v) is 4.81. The highest BCUT2D eigenvalue weighted by molar-refractivity contribution is 5.99. The number of nitrogens with one attached hydrogen (secondary N) is 1. The molecule has 0 radical (unpaired) electrons. The lowest BCUT2D eigenvalue weighted by Crippen LogP contribution is -2.52. The Balaban J connectivity index is 1.74. The second-order valence-corrected chi connectivity index (χ2v) is 6.21. The van der Waals surface area contributed by atoms with Gasteiger partial charge in [-0.2, -0.15) is 5.10 Å². The Morgan fingerprint density at radius 2 is 2.04 bits per heavy atom. The van der Waals surface area contributed by atoms with Crippen LogP contribution in [0, 0.1) is 5.82 Å². The Morgan fingerprint density at radius 3 is 2.68 bits per heavy atom. The van der Waals surface area contributed by atoms with Crippen LogP contribution in [0.5, 0.6) is 0 Å². The molecule has 7 heteroatoms. The second kappa shape index (κ2) is 7.76. The monoisotopic (exact) mass is 346 g/mol. The molecule has 0 spiro atoms. The van der Waals surface area contributed by atoms with Crippen molar-refractivity contribution in [2.24, 2.45) is 0 Å². The van der Waals surface area contributed by atoms with E-state index in [0.717, 1.165) is 19.5 Å². The maximum absolute atomic E-state index is 14.1. The topological polar surface area (TPSA) is 72.5 Å². The Labute approximate surface area is 146 Å². The van der Waals surface area contributed by atoms with Crippen LogP contribution >= 0.6 is 0 Å². The molecule has 2 N–H and O–H groups in total. The van der Waals surface area contributed by atoms with Gasteiger partial charge in [-0.25, -0.2) is 4.39 Å². The van der Waals surface area contributed by atoms with Crippen LogP contribution in [-0.2, 0) is 0 Å². The van der Waals surface area contributed by atoms with Gasteiger partial charge in [0.15, 0.2) is 0 Å². The Bertz CT molecular complexity index is 721. The van der Waals surface area contributed by atoms with Gasteiger partial charge < -0.3 is 10.0 Å². The van der Waals surface area contributed by atoms with Gasteiger partial charge in [-0.3, -0.25) is 14.8 Å². The number of halogens is 1. The standard InChI is InChI=1S/C18H23FN4O2/c1-2-13(12-24)22-7-9-23(10-8-22)18(25)15-11-20-21-17(15)14-5-3-4-6-16(14)19/h3-6,11,13,24H,2,7-10,12H2,1H3,(H,20,21). The smallest absolute Gasteiger partial charge is 0.257 e. The van der Waals surface area contributed by atoms with Gasteiger partial charge in [-0.1, -0.05) is 19.1 Å². The van der Waals surface area contributed by atoms with Gasteiger partial charge in [-0.15, -0.1) is 0 Å². The molecule has 1 atom stereocenters. The van der Waals surface area contributed by atoms with Crippen LogP contribution in [0.15, 0.2) is 30.5 Å². The van der Waals surface area contributed by atoms with E-state index < -0.39 is 0 Å². The van der Waals surface area contributed by atoms with Crippen LogP contribution in [0.4, 0.5) is 4.39 Å². The van der Waals surface area contributed by atoms with Crippen LogP contribution in [-0.4, -0.2) is 69.8 Å². The van der Waals surface area contributed by atoms with Gasteiger partial charge in [0.05, 0.1) is 24.1 Å². The number of rotatable bonds is 5. The molecule has 1 unspecified atom stereocenters. The molecule has 1 saturated heterocycles. The van der Waals surface area contributed by atoms with Gasteiger partial charge in [0, 0.05) is 37.8 Å². The number of piperazine rings is 1. The van der Waals surface area contributed by atoms with Crippen LogP contribution in [0.3, 0.4) is 0 Å². The highest BCUT2D eigenvalue weighted by Crippen LogP contribution is 2.25. The second-order valence-electron chi connectivity index (χ2n) is 6.21. The van der Waals surface area contributed by atoms with E-state index in [9.17, 15) is 14.3 Å². The minimum Gasteiger partial charge on any atom is -0.395 e. The van der Waals surface area contributed by atoms with Crippen molar-refractivity contribution in [3.05, 3.63) is 41.8 Å². The van der Waals surface area contributed by atoms with E-state index in [2.05, 4.69) is 15.1 Å². The molecule has 1 aliphatic heterocycles. The van der Waals surface area contributed by atoms with Crippen molar-refractivity contribution in [2.45, 2.75) is 19.4 Å². The van der Waals surface area contributed by atoms with Crippen molar-refractivity contribution in [3.8, 4) is 11.3 Å². The summed E-state index contributed by atoms with van der Waals surface area (Å²) in [5.41, 5.74) is 1.13. The third kappa shape index (κ3) is 3.57. The number of carbonyl (C=O) groups excluding carboxylic acids is 1. The lowest BCUT2D eigenvalue weighted by Gasteiger charge is -2.38. The number of aliphatic hydroxyl groups excluding tert-OH is 1. The molecular weight excluding hydrogens is 323 g/mol. The van der Waals surface area contributed by atoms with E-state index in [0.29, 0.717) is 29.9 Å². The van der Waals surface area contributed by atoms with Crippen LogP contribution in [0.1, 0.15) is 23.7 Å². The number of nitrogens with zero attached hydrogens (tertiary/aromatic N) is 3. The molecular formula is C18H23FN4O2. The normalized spacial score (nSPS) is 16.8. The van der Waals surface area contributed by atoms with E-state index in [-0.39, 0.29) is 24.4 Å². The van der Waals surface area contributed by atoms with Gasteiger partial charge in [-0.05, 0) is 18.6 Å². The molecule has 6 nitrogen and oxygen atoms in total. The van der Waals surface area contributed by atoms with Crippen molar-refractivity contribution in [3.63, 3.8) is 0 Å². The summed E-state index contributed by atoms with van der Waals surface area (Å²) in [6.45, 7) is 4.78. The lowest BCUT2D eigenvalue weighted by atomic mass is 10.1. The minimum absolute atomic E-state index is 0.129. The molecule has 1 fully saturated rings. The Morgan fingerprint density at radius 1 is 1.32 bits per heavy atom. The van der Waals surface area contributed by atoms with Gasteiger partial charge >= 0.3 is 0 Å². The first-order valence-electron chi connectivity index (χ1n) is 8.58. The summed E-state index contributed by atoms with van der Waals surface area (Å²) in [6.07, 6.45) is 2.34. The maximum atomic E-state index is 14.1. The van der Waals surface area contributed by atoms with E-state index in [1.165, 1.54) is 12.3 Å². The average molecular weight is 346 g/mol. The zero-order chi connectivity index (χ0) is 17.8. The van der Waals surface area contributed by atoms with Gasteiger partial charge in [0.1, 0.15) is 5.82 Å². The molecule has 134 valence electrons. The fourth-order valence-corrected chi connectivity index (χ4v) is 3.28. The molecule has 1 aliphatic rings. The van der Waals surface area contributed by atoms with Crippen molar-refractivity contribution >= 4 is 5.91 Å². The maximum Gasteiger partial charge on any atom is 0.257 e. The molecule has 0 aliphatic carbocycles. The van der Waals surface area contributed by atoms with Crippen LogP contribution < -0.4 is 0 Å². The summed E-state index contributed by atoms with van der Waals surface area (Å²) in [6, 6.07) is 6.47. The number of hydrogen-bond donors (Lipinski definition) is 2. The largest absolute Gasteiger partial charge is 0.395 e. The summed E-state index contributed by atoms with van der Waals surface area (Å²) in [4.78, 5) is 16.8. The number of aromatic amines is 1. The third-order valence-electron chi connectivity index (χ3n) is 4.81. The predicted molar refractivity (Wildman–Crippen MR) is 92.6 cm³/mol. The number of aromatic nitrogens is 2. The summed E-state index contributed by atoms with van der Waals surface area (Å²) in [5, 5.41) is 16.1. The first kappa shape index (κ1) is 17.6. The van der Waals surface area contributed by atoms with Crippen molar-refractivity contribution < 1.29 is 14.3 Å². The molecule has 1 amide bonds.